The maximum absolute atomic E-state index is 13.2. The maximum atomic E-state index is 13.2. The molecule has 0 bridgehead atoms. The molecule has 5 nitrogen and oxygen atoms in total. The third-order valence-corrected chi connectivity index (χ3v) is 5.74. The van der Waals surface area contributed by atoms with Crippen LogP contribution in [0.4, 0.5) is 5.13 Å². The van der Waals surface area contributed by atoms with E-state index in [0.717, 1.165) is 27.1 Å². The Morgan fingerprint density at radius 1 is 1.03 bits per heavy atom. The van der Waals surface area contributed by atoms with Gasteiger partial charge in [0.25, 0.3) is 0 Å². The minimum Gasteiger partial charge on any atom is -0.497 e. The molecule has 6 heteroatoms. The fourth-order valence-electron chi connectivity index (χ4n) is 3.10. The fourth-order valence-corrected chi connectivity index (χ4v) is 4.06. The fraction of sp³-hybridized carbons (Fsp3) is 0.174. The molecule has 29 heavy (non-hydrogen) atoms. The zero-order valence-corrected chi connectivity index (χ0v) is 16.9. The number of fused-ring (bicyclic) bond motifs is 1. The Hall–Kier alpha value is -3.25. The molecule has 1 amide bonds. The Labute approximate surface area is 173 Å². The first kappa shape index (κ1) is 19.1. The third-order valence-electron chi connectivity index (χ3n) is 4.68. The second-order valence-electron chi connectivity index (χ2n) is 6.65. The van der Waals surface area contributed by atoms with E-state index >= 15 is 0 Å². The lowest BCUT2D eigenvalue weighted by molar-refractivity contribution is -0.118. The van der Waals surface area contributed by atoms with Crippen molar-refractivity contribution in [3.63, 3.8) is 0 Å². The average molecular weight is 404 g/mol. The molecule has 0 saturated carbocycles. The molecule has 0 aliphatic heterocycles. The number of rotatable bonds is 7. The van der Waals surface area contributed by atoms with Gasteiger partial charge in [-0.2, -0.15) is 0 Å². The Morgan fingerprint density at radius 3 is 2.59 bits per heavy atom. The zero-order chi connectivity index (χ0) is 20.1. The molecule has 0 atom stereocenters. The molecule has 4 rings (SSSR count). The number of aryl methyl sites for hydroxylation is 1. The highest BCUT2D eigenvalue weighted by Gasteiger charge is 2.20. The summed E-state index contributed by atoms with van der Waals surface area (Å²) < 4.78 is 6.32. The van der Waals surface area contributed by atoms with Crippen molar-refractivity contribution in [2.45, 2.75) is 19.4 Å². The smallest absolute Gasteiger partial charge is 0.229 e. The average Bonchev–Trinajstić information content (AvgIpc) is 3.20. The molecule has 0 N–H and O–H groups in total. The van der Waals surface area contributed by atoms with E-state index in [0.29, 0.717) is 24.5 Å². The van der Waals surface area contributed by atoms with E-state index < -0.39 is 0 Å². The normalized spacial score (nSPS) is 10.8. The molecular weight excluding hydrogens is 382 g/mol. The molecule has 0 fully saturated rings. The van der Waals surface area contributed by atoms with Crippen molar-refractivity contribution in [1.29, 1.82) is 0 Å². The van der Waals surface area contributed by atoms with Crippen molar-refractivity contribution in [3.8, 4) is 5.75 Å². The molecule has 2 aromatic heterocycles. The number of carbonyl (C=O) groups excluding carboxylic acids is 1. The number of methoxy groups -OCH3 is 1. The lowest BCUT2D eigenvalue weighted by Crippen LogP contribution is -2.30. The molecule has 0 spiro atoms. The van der Waals surface area contributed by atoms with E-state index in [2.05, 4.69) is 4.98 Å². The van der Waals surface area contributed by atoms with Crippen molar-refractivity contribution in [2.75, 3.05) is 12.0 Å². The van der Waals surface area contributed by atoms with Crippen LogP contribution in [0.5, 0.6) is 5.75 Å². The van der Waals surface area contributed by atoms with Crippen LogP contribution in [0.25, 0.3) is 10.2 Å². The van der Waals surface area contributed by atoms with Crippen molar-refractivity contribution in [2.24, 2.45) is 0 Å². The standard InChI is InChI=1S/C23H21N3O2S/c1-28-19-8-9-21-20(15-19)25-23(29-21)26(16-18-11-13-24-14-12-18)22(27)10-7-17-5-3-2-4-6-17/h2-6,8-9,11-15H,7,10,16H2,1H3. The van der Waals surface area contributed by atoms with Crippen LogP contribution in [0, 0.1) is 0 Å². The summed E-state index contributed by atoms with van der Waals surface area (Å²) in [6.07, 6.45) is 4.61. The summed E-state index contributed by atoms with van der Waals surface area (Å²) in [5, 5.41) is 0.697. The third kappa shape index (κ3) is 4.60. The van der Waals surface area contributed by atoms with Crippen LogP contribution in [-0.2, 0) is 17.8 Å². The summed E-state index contributed by atoms with van der Waals surface area (Å²) in [6.45, 7) is 0.465. The predicted octanol–water partition coefficient (Wildman–Crippen LogP) is 4.87. The first-order valence-electron chi connectivity index (χ1n) is 9.41. The summed E-state index contributed by atoms with van der Waals surface area (Å²) in [7, 11) is 1.64. The number of aromatic nitrogens is 2. The molecule has 0 unspecified atom stereocenters. The van der Waals surface area contributed by atoms with Gasteiger partial charge in [0.15, 0.2) is 5.13 Å². The van der Waals surface area contributed by atoms with E-state index in [4.69, 9.17) is 9.72 Å². The summed E-state index contributed by atoms with van der Waals surface area (Å²) in [5.74, 6) is 0.808. The summed E-state index contributed by atoms with van der Waals surface area (Å²) in [4.78, 5) is 23.7. The Bertz CT molecular complexity index is 1100. The summed E-state index contributed by atoms with van der Waals surface area (Å²) in [6, 6.07) is 19.7. The Balaban J connectivity index is 1.61. The van der Waals surface area contributed by atoms with Gasteiger partial charge in [0.05, 0.1) is 23.9 Å². The second-order valence-corrected chi connectivity index (χ2v) is 7.66. The van der Waals surface area contributed by atoms with Crippen LogP contribution in [-0.4, -0.2) is 23.0 Å². The minimum atomic E-state index is 0.0525. The van der Waals surface area contributed by atoms with Gasteiger partial charge in [-0.05, 0) is 41.8 Å². The second kappa shape index (κ2) is 8.84. The highest BCUT2D eigenvalue weighted by Crippen LogP contribution is 2.32. The van der Waals surface area contributed by atoms with E-state index in [1.165, 1.54) is 11.3 Å². The molecule has 2 heterocycles. The van der Waals surface area contributed by atoms with Gasteiger partial charge < -0.3 is 4.74 Å². The maximum Gasteiger partial charge on any atom is 0.229 e. The topological polar surface area (TPSA) is 55.3 Å². The number of ether oxygens (including phenoxy) is 1. The van der Waals surface area contributed by atoms with Crippen LogP contribution in [0.1, 0.15) is 17.5 Å². The van der Waals surface area contributed by atoms with E-state index in [1.807, 2.05) is 60.7 Å². The van der Waals surface area contributed by atoms with Gasteiger partial charge in [-0.15, -0.1) is 0 Å². The van der Waals surface area contributed by atoms with Crippen molar-refractivity contribution in [1.82, 2.24) is 9.97 Å². The SMILES string of the molecule is COc1ccc2sc(N(Cc3ccncc3)C(=O)CCc3ccccc3)nc2c1. The number of nitrogens with zero attached hydrogens (tertiary/aromatic N) is 3. The molecule has 0 aliphatic carbocycles. The number of thiazole rings is 1. The van der Waals surface area contributed by atoms with Gasteiger partial charge in [-0.1, -0.05) is 41.7 Å². The minimum absolute atomic E-state index is 0.0525. The Morgan fingerprint density at radius 2 is 1.83 bits per heavy atom. The number of amides is 1. The lowest BCUT2D eigenvalue weighted by Gasteiger charge is -2.20. The summed E-state index contributed by atoms with van der Waals surface area (Å²) >= 11 is 1.52. The monoisotopic (exact) mass is 403 g/mol. The van der Waals surface area contributed by atoms with Gasteiger partial charge in [-0.25, -0.2) is 4.98 Å². The molecule has 146 valence electrons. The predicted molar refractivity (Wildman–Crippen MR) is 116 cm³/mol. The van der Waals surface area contributed by atoms with Gasteiger partial charge in [0.1, 0.15) is 5.75 Å². The number of pyridine rings is 1. The van der Waals surface area contributed by atoms with Crippen molar-refractivity contribution in [3.05, 3.63) is 84.2 Å². The van der Waals surface area contributed by atoms with Crippen LogP contribution >= 0.6 is 11.3 Å². The number of hydrogen-bond acceptors (Lipinski definition) is 5. The van der Waals surface area contributed by atoms with Crippen molar-refractivity contribution >= 4 is 32.6 Å². The van der Waals surface area contributed by atoms with Gasteiger partial charge >= 0.3 is 0 Å². The van der Waals surface area contributed by atoms with Gasteiger partial charge in [0.2, 0.25) is 5.91 Å². The lowest BCUT2D eigenvalue weighted by atomic mass is 10.1. The first-order valence-corrected chi connectivity index (χ1v) is 10.2. The number of hydrogen-bond donors (Lipinski definition) is 0. The number of carbonyl (C=O) groups is 1. The molecule has 2 aromatic carbocycles. The van der Waals surface area contributed by atoms with Crippen LogP contribution in [0.2, 0.25) is 0 Å². The van der Waals surface area contributed by atoms with E-state index in [-0.39, 0.29) is 5.91 Å². The Kier molecular flexibility index (Phi) is 5.81. The van der Waals surface area contributed by atoms with Crippen LogP contribution in [0.3, 0.4) is 0 Å². The van der Waals surface area contributed by atoms with Crippen molar-refractivity contribution < 1.29 is 9.53 Å². The highest BCUT2D eigenvalue weighted by molar-refractivity contribution is 7.22. The van der Waals surface area contributed by atoms with Crippen LogP contribution in [0.15, 0.2) is 73.1 Å². The molecule has 0 radical (unpaired) electrons. The van der Waals surface area contributed by atoms with Gasteiger partial charge in [0, 0.05) is 24.9 Å². The molecular formula is C23H21N3O2S. The molecule has 4 aromatic rings. The molecule has 0 saturated heterocycles. The van der Waals surface area contributed by atoms with Gasteiger partial charge in [-0.3, -0.25) is 14.7 Å². The molecule has 0 aliphatic rings. The number of anilines is 1. The highest BCUT2D eigenvalue weighted by atomic mass is 32.1. The number of benzene rings is 2. The quantitative estimate of drug-likeness (QED) is 0.442. The largest absolute Gasteiger partial charge is 0.497 e. The summed E-state index contributed by atoms with van der Waals surface area (Å²) in [5.41, 5.74) is 3.00. The van der Waals surface area contributed by atoms with E-state index in [9.17, 15) is 4.79 Å². The first-order chi connectivity index (χ1) is 14.2. The van der Waals surface area contributed by atoms with Crippen LogP contribution < -0.4 is 9.64 Å². The zero-order valence-electron chi connectivity index (χ0n) is 16.1. The van der Waals surface area contributed by atoms with E-state index in [1.54, 1.807) is 24.4 Å².